The first kappa shape index (κ1) is 13.3. The van der Waals surface area contributed by atoms with Gasteiger partial charge in [-0.25, -0.2) is 4.98 Å². The minimum absolute atomic E-state index is 0.0727. The second-order valence-electron chi connectivity index (χ2n) is 4.42. The van der Waals surface area contributed by atoms with Crippen molar-refractivity contribution in [3.8, 4) is 5.75 Å². The minimum atomic E-state index is 0.0727. The fourth-order valence-electron chi connectivity index (χ4n) is 1.85. The molecular weight excluding hydrogens is 240 g/mol. The van der Waals surface area contributed by atoms with Crippen LogP contribution in [0.5, 0.6) is 5.75 Å². The van der Waals surface area contributed by atoms with E-state index in [1.54, 1.807) is 18.5 Å². The number of rotatable bonds is 5. The molecule has 1 aromatic heterocycles. The summed E-state index contributed by atoms with van der Waals surface area (Å²) in [6.07, 6.45) is 1.71. The first-order valence-electron chi connectivity index (χ1n) is 6.36. The number of carbonyl (C=O) groups is 1. The second kappa shape index (κ2) is 5.69. The second-order valence-corrected chi connectivity index (χ2v) is 4.42. The zero-order chi connectivity index (χ0) is 13.8. The van der Waals surface area contributed by atoms with Gasteiger partial charge < -0.3 is 9.30 Å². The van der Waals surface area contributed by atoms with Gasteiger partial charge in [0.1, 0.15) is 5.75 Å². The van der Waals surface area contributed by atoms with Crippen molar-refractivity contribution >= 4 is 5.78 Å². The highest BCUT2D eigenvalue weighted by atomic mass is 16.5. The lowest BCUT2D eigenvalue weighted by molar-refractivity contribution is 0.0971. The molecule has 0 N–H and O–H groups in total. The van der Waals surface area contributed by atoms with Crippen LogP contribution in [-0.4, -0.2) is 21.9 Å². The quantitative estimate of drug-likeness (QED) is 0.775. The molecule has 0 atom stereocenters. The van der Waals surface area contributed by atoms with Crippen LogP contribution >= 0.6 is 0 Å². The number of ketones is 1. The Bertz CT molecular complexity index is 570. The number of Topliss-reactive ketones (excluding diaryl/α,β-unsaturated/α-hetero) is 1. The third-order valence-corrected chi connectivity index (χ3v) is 3.15. The fraction of sp³-hybridized carbons (Fsp3) is 0.333. The highest BCUT2D eigenvalue weighted by molar-refractivity contribution is 5.96. The van der Waals surface area contributed by atoms with E-state index in [4.69, 9.17) is 4.74 Å². The Morgan fingerprint density at radius 2 is 1.95 bits per heavy atom. The van der Waals surface area contributed by atoms with Crippen LogP contribution in [0.4, 0.5) is 0 Å². The average molecular weight is 258 g/mol. The molecule has 19 heavy (non-hydrogen) atoms. The van der Waals surface area contributed by atoms with E-state index in [1.807, 2.05) is 37.5 Å². The molecule has 0 unspecified atom stereocenters. The van der Waals surface area contributed by atoms with Gasteiger partial charge in [0.2, 0.25) is 0 Å². The van der Waals surface area contributed by atoms with Crippen molar-refractivity contribution < 1.29 is 9.53 Å². The molecule has 1 heterocycles. The normalized spacial score (nSPS) is 10.5. The lowest BCUT2D eigenvalue weighted by atomic mass is 10.1. The maximum absolute atomic E-state index is 12.2. The van der Waals surface area contributed by atoms with Crippen molar-refractivity contribution in [1.82, 2.24) is 9.55 Å². The molecule has 0 saturated heterocycles. The number of imidazole rings is 1. The Hall–Kier alpha value is -2.10. The number of hydrogen-bond acceptors (Lipinski definition) is 3. The highest BCUT2D eigenvalue weighted by Gasteiger charge is 2.09. The molecule has 2 aromatic rings. The third-order valence-electron chi connectivity index (χ3n) is 3.15. The van der Waals surface area contributed by atoms with Gasteiger partial charge in [-0.15, -0.1) is 0 Å². The van der Waals surface area contributed by atoms with E-state index in [0.717, 1.165) is 17.1 Å². The fourth-order valence-corrected chi connectivity index (χ4v) is 1.85. The van der Waals surface area contributed by atoms with Crippen molar-refractivity contribution in [3.05, 3.63) is 47.5 Å². The Morgan fingerprint density at radius 1 is 1.26 bits per heavy atom. The number of aryl methyl sites for hydroxylation is 1. The summed E-state index contributed by atoms with van der Waals surface area (Å²) in [6.45, 7) is 6.78. The van der Waals surface area contributed by atoms with Gasteiger partial charge >= 0.3 is 0 Å². The van der Waals surface area contributed by atoms with E-state index in [9.17, 15) is 4.79 Å². The number of benzene rings is 1. The van der Waals surface area contributed by atoms with E-state index in [-0.39, 0.29) is 5.78 Å². The van der Waals surface area contributed by atoms with Gasteiger partial charge in [0.05, 0.1) is 25.2 Å². The largest absolute Gasteiger partial charge is 0.494 e. The van der Waals surface area contributed by atoms with Crippen LogP contribution in [0.15, 0.2) is 30.6 Å². The molecule has 0 aliphatic heterocycles. The standard InChI is InChI=1S/C15H18N2O2/c1-4-19-14-7-5-13(6-8-14)15(18)9-17-10-16-11(2)12(17)3/h5-8,10H,4,9H2,1-3H3. The molecule has 0 radical (unpaired) electrons. The van der Waals surface area contributed by atoms with Crippen molar-refractivity contribution in [2.24, 2.45) is 0 Å². The molecule has 100 valence electrons. The molecule has 4 heteroatoms. The average Bonchev–Trinajstić information content (AvgIpc) is 2.72. The SMILES string of the molecule is CCOc1ccc(C(=O)Cn2cnc(C)c2C)cc1. The zero-order valence-corrected chi connectivity index (χ0v) is 11.5. The summed E-state index contributed by atoms with van der Waals surface area (Å²) in [6, 6.07) is 7.24. The Balaban J connectivity index is 2.09. The minimum Gasteiger partial charge on any atom is -0.494 e. The summed E-state index contributed by atoms with van der Waals surface area (Å²) in [5, 5.41) is 0. The number of carbonyl (C=O) groups excluding carboxylic acids is 1. The summed E-state index contributed by atoms with van der Waals surface area (Å²) in [5.74, 6) is 0.859. The van der Waals surface area contributed by atoms with Crippen LogP contribution in [0.3, 0.4) is 0 Å². The van der Waals surface area contributed by atoms with Crippen molar-refractivity contribution in [2.45, 2.75) is 27.3 Å². The molecule has 4 nitrogen and oxygen atoms in total. The molecule has 2 rings (SSSR count). The van der Waals surface area contributed by atoms with Gasteiger partial charge in [0.15, 0.2) is 5.78 Å². The Labute approximate surface area is 113 Å². The third kappa shape index (κ3) is 3.02. The van der Waals surface area contributed by atoms with Gasteiger partial charge in [0, 0.05) is 11.3 Å². The Morgan fingerprint density at radius 3 is 2.47 bits per heavy atom. The summed E-state index contributed by atoms with van der Waals surface area (Å²) >= 11 is 0. The van der Waals surface area contributed by atoms with Gasteiger partial charge in [-0.2, -0.15) is 0 Å². The van der Waals surface area contributed by atoms with E-state index < -0.39 is 0 Å². The number of nitrogens with zero attached hydrogens (tertiary/aromatic N) is 2. The zero-order valence-electron chi connectivity index (χ0n) is 11.5. The van der Waals surface area contributed by atoms with E-state index >= 15 is 0 Å². The topological polar surface area (TPSA) is 44.1 Å². The van der Waals surface area contributed by atoms with Crippen LogP contribution in [0, 0.1) is 13.8 Å². The monoisotopic (exact) mass is 258 g/mol. The molecule has 0 saturated carbocycles. The summed E-state index contributed by atoms with van der Waals surface area (Å²) in [5.41, 5.74) is 2.67. The van der Waals surface area contributed by atoms with E-state index in [2.05, 4.69) is 4.98 Å². The number of hydrogen-bond donors (Lipinski definition) is 0. The van der Waals surface area contributed by atoms with Crippen LogP contribution in [0.1, 0.15) is 28.7 Å². The van der Waals surface area contributed by atoms with Crippen LogP contribution < -0.4 is 4.74 Å². The lowest BCUT2D eigenvalue weighted by Gasteiger charge is -2.06. The van der Waals surface area contributed by atoms with E-state index in [1.165, 1.54) is 0 Å². The molecule has 0 bridgehead atoms. The van der Waals surface area contributed by atoms with Gasteiger partial charge in [-0.05, 0) is 45.0 Å². The Kier molecular flexibility index (Phi) is 4.00. The predicted molar refractivity (Wildman–Crippen MR) is 73.6 cm³/mol. The van der Waals surface area contributed by atoms with Gasteiger partial charge in [-0.3, -0.25) is 4.79 Å². The smallest absolute Gasteiger partial charge is 0.182 e. The maximum Gasteiger partial charge on any atom is 0.182 e. The van der Waals surface area contributed by atoms with Crippen molar-refractivity contribution in [2.75, 3.05) is 6.61 Å². The van der Waals surface area contributed by atoms with Crippen LogP contribution in [-0.2, 0) is 6.54 Å². The van der Waals surface area contributed by atoms with Crippen molar-refractivity contribution in [1.29, 1.82) is 0 Å². The molecule has 0 aliphatic rings. The van der Waals surface area contributed by atoms with Crippen LogP contribution in [0.2, 0.25) is 0 Å². The molecule has 1 aromatic carbocycles. The molecule has 0 fully saturated rings. The molecule has 0 aliphatic carbocycles. The predicted octanol–water partition coefficient (Wildman–Crippen LogP) is 2.78. The molecule has 0 spiro atoms. The van der Waals surface area contributed by atoms with Crippen LogP contribution in [0.25, 0.3) is 0 Å². The lowest BCUT2D eigenvalue weighted by Crippen LogP contribution is -2.11. The molecule has 0 amide bonds. The first-order valence-corrected chi connectivity index (χ1v) is 6.36. The highest BCUT2D eigenvalue weighted by Crippen LogP contribution is 2.14. The summed E-state index contributed by atoms with van der Waals surface area (Å²) < 4.78 is 7.22. The van der Waals surface area contributed by atoms with E-state index in [0.29, 0.717) is 18.7 Å². The summed E-state index contributed by atoms with van der Waals surface area (Å²) in [4.78, 5) is 16.3. The maximum atomic E-state index is 12.2. The number of aromatic nitrogens is 2. The van der Waals surface area contributed by atoms with Crippen molar-refractivity contribution in [3.63, 3.8) is 0 Å². The molecular formula is C15H18N2O2. The first-order chi connectivity index (χ1) is 9.11. The van der Waals surface area contributed by atoms with Gasteiger partial charge in [0.25, 0.3) is 0 Å². The summed E-state index contributed by atoms with van der Waals surface area (Å²) in [7, 11) is 0. The number of ether oxygens (including phenoxy) is 1. The van der Waals surface area contributed by atoms with Gasteiger partial charge in [-0.1, -0.05) is 0 Å².